The molecule has 1 aromatic carbocycles. The van der Waals surface area contributed by atoms with Crippen molar-refractivity contribution in [1.29, 1.82) is 0 Å². The van der Waals surface area contributed by atoms with Crippen LogP contribution in [-0.2, 0) is 11.2 Å². The van der Waals surface area contributed by atoms with Crippen molar-refractivity contribution < 1.29 is 9.53 Å². The number of nitrogens with zero attached hydrogens (tertiary/aromatic N) is 2. The van der Waals surface area contributed by atoms with Crippen molar-refractivity contribution in [3.05, 3.63) is 41.9 Å². The molecule has 4 rings (SSSR count). The van der Waals surface area contributed by atoms with Gasteiger partial charge in [-0.3, -0.25) is 4.79 Å². The number of carbonyl (C=O) groups excluding carboxylic acids is 1. The zero-order valence-electron chi connectivity index (χ0n) is 13.4. The highest BCUT2D eigenvalue weighted by atomic mass is 16.5. The maximum absolute atomic E-state index is 11.4. The van der Waals surface area contributed by atoms with Crippen molar-refractivity contribution in [1.82, 2.24) is 9.97 Å². The van der Waals surface area contributed by atoms with E-state index in [1.807, 2.05) is 30.5 Å². The number of nitrogens with one attached hydrogen (secondary N) is 2. The van der Waals surface area contributed by atoms with E-state index >= 15 is 0 Å². The number of hydrogen-bond donors (Lipinski definition) is 2. The molecule has 1 fully saturated rings. The van der Waals surface area contributed by atoms with Crippen molar-refractivity contribution in [2.24, 2.45) is 0 Å². The first kappa shape index (κ1) is 14.9. The number of amides is 1. The molecule has 6 heteroatoms. The molecule has 2 aliphatic rings. The van der Waals surface area contributed by atoms with E-state index in [4.69, 9.17) is 4.74 Å². The largest absolute Gasteiger partial charge is 0.492 e. The van der Waals surface area contributed by atoms with E-state index in [-0.39, 0.29) is 5.91 Å². The molecule has 2 N–H and O–H groups in total. The first-order valence-electron chi connectivity index (χ1n) is 8.40. The molecule has 0 bridgehead atoms. The van der Waals surface area contributed by atoms with Gasteiger partial charge in [-0.2, -0.15) is 0 Å². The number of carbonyl (C=O) groups is 1. The number of benzene rings is 1. The zero-order chi connectivity index (χ0) is 16.4. The second-order valence-corrected chi connectivity index (χ2v) is 6.22. The summed E-state index contributed by atoms with van der Waals surface area (Å²) in [5, 5.41) is 6.15. The van der Waals surface area contributed by atoms with Gasteiger partial charge in [-0.05, 0) is 49.1 Å². The van der Waals surface area contributed by atoms with E-state index in [0.29, 0.717) is 25.5 Å². The maximum Gasteiger partial charge on any atom is 0.224 e. The molecule has 1 saturated carbocycles. The minimum Gasteiger partial charge on any atom is -0.492 e. The summed E-state index contributed by atoms with van der Waals surface area (Å²) >= 11 is 0. The van der Waals surface area contributed by atoms with E-state index in [1.54, 1.807) is 0 Å². The van der Waals surface area contributed by atoms with Gasteiger partial charge in [0.05, 0.1) is 6.54 Å². The number of aromatic nitrogens is 2. The van der Waals surface area contributed by atoms with Gasteiger partial charge in [-0.25, -0.2) is 9.97 Å². The Hall–Kier alpha value is -2.63. The number of ether oxygens (including phenoxy) is 1. The summed E-state index contributed by atoms with van der Waals surface area (Å²) in [7, 11) is 0. The van der Waals surface area contributed by atoms with Crippen LogP contribution in [0.15, 0.2) is 30.5 Å². The topological polar surface area (TPSA) is 76.1 Å². The van der Waals surface area contributed by atoms with Crippen molar-refractivity contribution in [2.75, 3.05) is 23.8 Å². The van der Waals surface area contributed by atoms with Crippen molar-refractivity contribution in [2.45, 2.75) is 31.6 Å². The van der Waals surface area contributed by atoms with Crippen molar-refractivity contribution in [3.8, 4) is 5.75 Å². The molecule has 2 aromatic rings. The van der Waals surface area contributed by atoms with E-state index in [2.05, 4.69) is 20.6 Å². The van der Waals surface area contributed by atoms with Gasteiger partial charge in [0.25, 0.3) is 0 Å². The molecule has 1 amide bonds. The Bertz CT molecular complexity index is 758. The third kappa shape index (κ3) is 3.48. The number of aryl methyl sites for hydroxylation is 1. The Kier molecular flexibility index (Phi) is 4.02. The van der Waals surface area contributed by atoms with Crippen molar-refractivity contribution in [3.63, 3.8) is 0 Å². The lowest BCUT2D eigenvalue weighted by Crippen LogP contribution is -2.19. The molecule has 0 spiro atoms. The summed E-state index contributed by atoms with van der Waals surface area (Å²) in [6.45, 7) is 1.23. The summed E-state index contributed by atoms with van der Waals surface area (Å²) in [4.78, 5) is 20.2. The lowest BCUT2D eigenvalue weighted by atomic mass is 10.0. The van der Waals surface area contributed by atoms with Gasteiger partial charge in [0.15, 0.2) is 0 Å². The first-order valence-corrected chi connectivity index (χ1v) is 8.40. The highest BCUT2D eigenvalue weighted by Crippen LogP contribution is 2.38. The molecule has 2 heterocycles. The maximum atomic E-state index is 11.4. The molecule has 1 aliphatic heterocycles. The second kappa shape index (κ2) is 6.47. The molecule has 24 heavy (non-hydrogen) atoms. The van der Waals surface area contributed by atoms with Gasteiger partial charge in [-0.1, -0.05) is 0 Å². The standard InChI is InChI=1S/C18H20N4O2/c23-17-6-3-13-11-14(4-5-15(13)21-17)24-10-9-19-16-7-8-20-18(22-16)12-1-2-12/h4-5,7-8,11-12H,1-3,6,9-10H2,(H,21,23)(H,19,20,22). The van der Waals surface area contributed by atoms with Gasteiger partial charge >= 0.3 is 0 Å². The molecule has 124 valence electrons. The first-order chi connectivity index (χ1) is 11.8. The van der Waals surface area contributed by atoms with Gasteiger partial charge in [0.1, 0.15) is 24.0 Å². The van der Waals surface area contributed by atoms with Crippen LogP contribution in [0.2, 0.25) is 0 Å². The molecule has 1 aliphatic carbocycles. The molecule has 0 radical (unpaired) electrons. The number of anilines is 2. The van der Waals surface area contributed by atoms with Gasteiger partial charge in [-0.15, -0.1) is 0 Å². The second-order valence-electron chi connectivity index (χ2n) is 6.22. The molecule has 6 nitrogen and oxygen atoms in total. The third-order valence-electron chi connectivity index (χ3n) is 4.27. The third-order valence-corrected chi connectivity index (χ3v) is 4.27. The fourth-order valence-corrected chi connectivity index (χ4v) is 2.81. The molecular weight excluding hydrogens is 304 g/mol. The lowest BCUT2D eigenvalue weighted by molar-refractivity contribution is -0.116. The van der Waals surface area contributed by atoms with Gasteiger partial charge < -0.3 is 15.4 Å². The Morgan fingerprint density at radius 3 is 3.04 bits per heavy atom. The van der Waals surface area contributed by atoms with Crippen LogP contribution in [0.5, 0.6) is 5.75 Å². The van der Waals surface area contributed by atoms with Gasteiger partial charge in [0.2, 0.25) is 5.91 Å². The normalized spacial score (nSPS) is 16.2. The smallest absolute Gasteiger partial charge is 0.224 e. The SMILES string of the molecule is O=C1CCc2cc(OCCNc3ccnc(C4CC4)n3)ccc2N1. The molecule has 0 atom stereocenters. The Morgan fingerprint density at radius 1 is 1.25 bits per heavy atom. The predicted molar refractivity (Wildman–Crippen MR) is 91.4 cm³/mol. The number of rotatable bonds is 6. The summed E-state index contributed by atoms with van der Waals surface area (Å²) < 4.78 is 5.79. The molecular formula is C18H20N4O2. The Morgan fingerprint density at radius 2 is 2.17 bits per heavy atom. The average molecular weight is 324 g/mol. The van der Waals surface area contributed by atoms with Gasteiger partial charge in [0, 0.05) is 24.2 Å². The van der Waals surface area contributed by atoms with Crippen LogP contribution in [0.4, 0.5) is 11.5 Å². The van der Waals surface area contributed by atoms with Crippen molar-refractivity contribution >= 4 is 17.4 Å². The van der Waals surface area contributed by atoms with Crippen LogP contribution in [-0.4, -0.2) is 29.0 Å². The van der Waals surface area contributed by atoms with Crippen LogP contribution in [0.1, 0.15) is 36.6 Å². The quantitative estimate of drug-likeness (QED) is 0.799. The summed E-state index contributed by atoms with van der Waals surface area (Å²) in [5.41, 5.74) is 2.02. The minimum atomic E-state index is 0.0794. The predicted octanol–water partition coefficient (Wildman–Crippen LogP) is 2.73. The zero-order valence-corrected chi connectivity index (χ0v) is 13.4. The van der Waals surface area contributed by atoms with Crippen LogP contribution < -0.4 is 15.4 Å². The van der Waals surface area contributed by atoms with E-state index < -0.39 is 0 Å². The highest BCUT2D eigenvalue weighted by molar-refractivity contribution is 5.93. The molecule has 0 unspecified atom stereocenters. The minimum absolute atomic E-state index is 0.0794. The lowest BCUT2D eigenvalue weighted by Gasteiger charge is -2.17. The van der Waals surface area contributed by atoms with E-state index in [0.717, 1.165) is 35.1 Å². The fraction of sp³-hybridized carbons (Fsp3) is 0.389. The van der Waals surface area contributed by atoms with Crippen LogP contribution in [0.3, 0.4) is 0 Å². The Labute approximate surface area is 140 Å². The monoisotopic (exact) mass is 324 g/mol. The van der Waals surface area contributed by atoms with E-state index in [9.17, 15) is 4.79 Å². The van der Waals surface area contributed by atoms with Crippen LogP contribution in [0.25, 0.3) is 0 Å². The van der Waals surface area contributed by atoms with Crippen LogP contribution in [0, 0.1) is 0 Å². The highest BCUT2D eigenvalue weighted by Gasteiger charge is 2.26. The van der Waals surface area contributed by atoms with E-state index in [1.165, 1.54) is 12.8 Å². The molecule has 1 aromatic heterocycles. The summed E-state index contributed by atoms with van der Waals surface area (Å²) in [6.07, 6.45) is 5.51. The Balaban J connectivity index is 1.28. The summed E-state index contributed by atoms with van der Waals surface area (Å²) in [6, 6.07) is 7.68. The number of hydrogen-bond acceptors (Lipinski definition) is 5. The fourth-order valence-electron chi connectivity index (χ4n) is 2.81. The van der Waals surface area contributed by atoms with Crippen LogP contribution >= 0.6 is 0 Å². The molecule has 0 saturated heterocycles. The average Bonchev–Trinajstić information content (AvgIpc) is 3.44. The summed E-state index contributed by atoms with van der Waals surface area (Å²) in [5.74, 6) is 3.25. The number of fused-ring (bicyclic) bond motifs is 1.